The van der Waals surface area contributed by atoms with Crippen molar-refractivity contribution in [1.29, 1.82) is 0 Å². The molecule has 1 rings (SSSR count). The maximum absolute atomic E-state index is 11.9. The number of carbonyl (C=O) groups excluding carboxylic acids is 2. The number of nitrogens with zero attached hydrogens (tertiary/aromatic N) is 1. The number of carboxylic acids is 1. The van der Waals surface area contributed by atoms with Crippen LogP contribution < -0.4 is 10.6 Å². The highest BCUT2D eigenvalue weighted by atomic mass is 16.4. The van der Waals surface area contributed by atoms with Crippen molar-refractivity contribution in [3.8, 4) is 0 Å². The molecule has 2 atom stereocenters. The van der Waals surface area contributed by atoms with Crippen LogP contribution in [0.25, 0.3) is 0 Å². The Hall–Kier alpha value is -1.79. The monoisotopic (exact) mass is 271 g/mol. The molecule has 1 unspecified atom stereocenters. The Balaban J connectivity index is 2.46. The van der Waals surface area contributed by atoms with Crippen molar-refractivity contribution in [2.24, 2.45) is 0 Å². The lowest BCUT2D eigenvalue weighted by molar-refractivity contribution is -0.139. The molecular formula is C12H21N3O4. The Bertz CT molecular complexity index is 359. The summed E-state index contributed by atoms with van der Waals surface area (Å²) in [6, 6.07) is -1.27. The predicted octanol–water partition coefficient (Wildman–Crippen LogP) is 0.160. The van der Waals surface area contributed by atoms with E-state index in [-0.39, 0.29) is 18.0 Å². The number of hydrogen-bond donors (Lipinski definition) is 3. The minimum Gasteiger partial charge on any atom is -0.480 e. The summed E-state index contributed by atoms with van der Waals surface area (Å²) in [6.07, 6.45) is 1.79. The van der Waals surface area contributed by atoms with Gasteiger partial charge in [0.25, 0.3) is 0 Å². The van der Waals surface area contributed by atoms with Crippen LogP contribution in [0.2, 0.25) is 0 Å². The largest absolute Gasteiger partial charge is 0.480 e. The molecule has 1 aliphatic rings. The third-order valence-electron chi connectivity index (χ3n) is 3.06. The number of urea groups is 1. The summed E-state index contributed by atoms with van der Waals surface area (Å²) in [7, 11) is 0. The van der Waals surface area contributed by atoms with Crippen LogP contribution in [0.4, 0.5) is 4.79 Å². The van der Waals surface area contributed by atoms with Crippen LogP contribution in [0.5, 0.6) is 0 Å². The summed E-state index contributed by atoms with van der Waals surface area (Å²) in [4.78, 5) is 35.3. The minimum atomic E-state index is -1.02. The number of nitrogens with one attached hydrogen (secondary N) is 2. The maximum atomic E-state index is 11.9. The van der Waals surface area contributed by atoms with Gasteiger partial charge in [-0.3, -0.25) is 4.79 Å². The Labute approximate surface area is 112 Å². The Kier molecular flexibility index (Phi) is 5.59. The Morgan fingerprint density at radius 2 is 2.11 bits per heavy atom. The predicted molar refractivity (Wildman–Crippen MR) is 68.7 cm³/mol. The third kappa shape index (κ3) is 4.76. The average Bonchev–Trinajstić information content (AvgIpc) is 2.75. The van der Waals surface area contributed by atoms with Crippen LogP contribution in [0.1, 0.15) is 33.1 Å². The number of rotatable bonds is 5. The van der Waals surface area contributed by atoms with Gasteiger partial charge in [-0.1, -0.05) is 13.3 Å². The fourth-order valence-electron chi connectivity index (χ4n) is 2.14. The van der Waals surface area contributed by atoms with Crippen molar-refractivity contribution in [3.05, 3.63) is 0 Å². The van der Waals surface area contributed by atoms with Gasteiger partial charge in [0.2, 0.25) is 5.91 Å². The van der Waals surface area contributed by atoms with Gasteiger partial charge >= 0.3 is 12.0 Å². The number of carboxylic acid groups (broad SMARTS) is 1. The van der Waals surface area contributed by atoms with E-state index in [1.807, 2.05) is 6.92 Å². The van der Waals surface area contributed by atoms with Crippen LogP contribution in [-0.4, -0.2) is 53.1 Å². The number of hydrogen-bond acceptors (Lipinski definition) is 3. The Morgan fingerprint density at radius 1 is 1.42 bits per heavy atom. The molecule has 0 aromatic rings. The highest BCUT2D eigenvalue weighted by Gasteiger charge is 2.29. The molecule has 7 heteroatoms. The second kappa shape index (κ2) is 6.96. The van der Waals surface area contributed by atoms with E-state index in [0.717, 1.165) is 0 Å². The van der Waals surface area contributed by atoms with E-state index < -0.39 is 12.0 Å². The van der Waals surface area contributed by atoms with E-state index in [2.05, 4.69) is 10.6 Å². The van der Waals surface area contributed by atoms with Crippen molar-refractivity contribution in [2.75, 3.05) is 13.1 Å². The molecule has 0 aliphatic carbocycles. The average molecular weight is 271 g/mol. The van der Waals surface area contributed by atoms with Crippen molar-refractivity contribution in [2.45, 2.75) is 45.2 Å². The third-order valence-corrected chi connectivity index (χ3v) is 3.06. The van der Waals surface area contributed by atoms with E-state index in [9.17, 15) is 14.4 Å². The smallest absolute Gasteiger partial charge is 0.326 e. The van der Waals surface area contributed by atoms with Crippen LogP contribution in [0, 0.1) is 0 Å². The maximum Gasteiger partial charge on any atom is 0.326 e. The van der Waals surface area contributed by atoms with Crippen LogP contribution in [0.15, 0.2) is 0 Å². The first-order valence-electron chi connectivity index (χ1n) is 6.49. The van der Waals surface area contributed by atoms with Crippen LogP contribution >= 0.6 is 0 Å². The number of carbonyl (C=O) groups is 3. The minimum absolute atomic E-state index is 0.0438. The van der Waals surface area contributed by atoms with Crippen molar-refractivity contribution in [1.82, 2.24) is 15.5 Å². The van der Waals surface area contributed by atoms with Gasteiger partial charge in [-0.05, 0) is 12.8 Å². The zero-order valence-electron chi connectivity index (χ0n) is 11.3. The molecule has 0 aromatic carbocycles. The summed E-state index contributed by atoms with van der Waals surface area (Å²) in [5, 5.41) is 14.2. The molecule has 0 spiro atoms. The fourth-order valence-corrected chi connectivity index (χ4v) is 2.14. The fraction of sp³-hybridized carbons (Fsp3) is 0.750. The van der Waals surface area contributed by atoms with E-state index in [0.29, 0.717) is 32.4 Å². The second-order valence-electron chi connectivity index (χ2n) is 4.76. The van der Waals surface area contributed by atoms with Crippen LogP contribution in [0.3, 0.4) is 0 Å². The molecule has 0 aromatic heterocycles. The molecule has 0 saturated carbocycles. The first-order valence-corrected chi connectivity index (χ1v) is 6.49. The molecule has 1 saturated heterocycles. The standard InChI is InChI=1S/C12H21N3O4/c1-3-4-10(11(17)18)14-12(19)15-6-5-9(7-15)13-8(2)16/h9-10H,3-7H2,1-2H3,(H,13,16)(H,14,19)(H,17,18)/t9?,10-/m1/s1. The highest BCUT2D eigenvalue weighted by Crippen LogP contribution is 2.10. The second-order valence-corrected chi connectivity index (χ2v) is 4.76. The lowest BCUT2D eigenvalue weighted by Gasteiger charge is -2.21. The lowest BCUT2D eigenvalue weighted by Crippen LogP contribution is -2.48. The summed E-state index contributed by atoms with van der Waals surface area (Å²) >= 11 is 0. The summed E-state index contributed by atoms with van der Waals surface area (Å²) in [6.45, 7) is 4.24. The van der Waals surface area contributed by atoms with Gasteiger partial charge in [-0.25, -0.2) is 9.59 Å². The van der Waals surface area contributed by atoms with E-state index in [1.165, 1.54) is 11.8 Å². The van der Waals surface area contributed by atoms with E-state index >= 15 is 0 Å². The number of likely N-dealkylation sites (tertiary alicyclic amines) is 1. The van der Waals surface area contributed by atoms with Gasteiger partial charge in [0.1, 0.15) is 6.04 Å². The van der Waals surface area contributed by atoms with Crippen molar-refractivity contribution in [3.63, 3.8) is 0 Å². The van der Waals surface area contributed by atoms with Crippen LogP contribution in [-0.2, 0) is 9.59 Å². The van der Waals surface area contributed by atoms with E-state index in [4.69, 9.17) is 5.11 Å². The molecule has 3 amide bonds. The molecule has 0 bridgehead atoms. The molecule has 7 nitrogen and oxygen atoms in total. The summed E-state index contributed by atoms with van der Waals surface area (Å²) in [5.74, 6) is -1.14. The van der Waals surface area contributed by atoms with Gasteiger partial charge in [0.05, 0.1) is 0 Å². The topological polar surface area (TPSA) is 98.7 Å². The molecule has 1 heterocycles. The number of amides is 3. The first-order chi connectivity index (χ1) is 8.93. The van der Waals surface area contributed by atoms with Gasteiger partial charge in [0, 0.05) is 26.1 Å². The van der Waals surface area contributed by atoms with E-state index in [1.54, 1.807) is 0 Å². The van der Waals surface area contributed by atoms with Crippen molar-refractivity contribution >= 4 is 17.9 Å². The van der Waals surface area contributed by atoms with Crippen molar-refractivity contribution < 1.29 is 19.5 Å². The zero-order valence-corrected chi connectivity index (χ0v) is 11.3. The first kappa shape index (κ1) is 15.3. The molecule has 0 radical (unpaired) electrons. The lowest BCUT2D eigenvalue weighted by atomic mass is 10.2. The molecular weight excluding hydrogens is 250 g/mol. The van der Waals surface area contributed by atoms with Gasteiger partial charge in [0.15, 0.2) is 0 Å². The van der Waals surface area contributed by atoms with Gasteiger partial charge in [-0.15, -0.1) is 0 Å². The van der Waals surface area contributed by atoms with Gasteiger partial charge < -0.3 is 20.6 Å². The molecule has 1 fully saturated rings. The Morgan fingerprint density at radius 3 is 2.63 bits per heavy atom. The SMILES string of the molecule is CCC[C@@H](NC(=O)N1CCC(NC(C)=O)C1)C(=O)O. The summed E-state index contributed by atoms with van der Waals surface area (Å²) < 4.78 is 0. The molecule has 1 aliphatic heterocycles. The normalized spacial score (nSPS) is 19.9. The quantitative estimate of drug-likeness (QED) is 0.663. The highest BCUT2D eigenvalue weighted by molar-refractivity contribution is 5.82. The molecule has 3 N–H and O–H groups in total. The number of aliphatic carboxylic acids is 1. The molecule has 108 valence electrons. The molecule has 19 heavy (non-hydrogen) atoms. The zero-order chi connectivity index (χ0) is 14.4. The summed E-state index contributed by atoms with van der Waals surface area (Å²) in [5.41, 5.74) is 0. The van der Waals surface area contributed by atoms with Gasteiger partial charge in [-0.2, -0.15) is 0 Å².